The molecule has 0 aliphatic heterocycles. The molecule has 2 aromatic rings. The van der Waals surface area contributed by atoms with Crippen molar-refractivity contribution < 1.29 is 19.4 Å². The molecule has 0 amide bonds. The molecular weight excluding hydrogens is 306 g/mol. The number of carboxylic acids is 1. The molecule has 0 aliphatic carbocycles. The number of aliphatic carboxylic acids is 1. The second kappa shape index (κ2) is 7.45. The second-order valence-electron chi connectivity index (χ2n) is 6.72. The zero-order chi connectivity index (χ0) is 17.7. The van der Waals surface area contributed by atoms with Crippen molar-refractivity contribution in [3.8, 4) is 0 Å². The third-order valence-corrected chi connectivity index (χ3v) is 3.47. The number of benzene rings is 2. The van der Waals surface area contributed by atoms with E-state index in [0.29, 0.717) is 0 Å². The van der Waals surface area contributed by atoms with Crippen LogP contribution in [-0.2, 0) is 14.3 Å². The van der Waals surface area contributed by atoms with Crippen LogP contribution in [0.2, 0.25) is 0 Å². The van der Waals surface area contributed by atoms with Crippen molar-refractivity contribution >= 4 is 22.7 Å². The lowest BCUT2D eigenvalue weighted by molar-refractivity contribution is -0.154. The Bertz CT molecular complexity index is 733. The molecule has 2 rings (SSSR count). The number of esters is 1. The highest BCUT2D eigenvalue weighted by Crippen LogP contribution is 2.22. The summed E-state index contributed by atoms with van der Waals surface area (Å²) in [6.45, 7) is 5.34. The molecule has 1 unspecified atom stereocenters. The zero-order valence-corrected chi connectivity index (χ0v) is 14.2. The van der Waals surface area contributed by atoms with Gasteiger partial charge in [0.05, 0.1) is 13.0 Å². The average molecular weight is 329 g/mol. The van der Waals surface area contributed by atoms with Crippen molar-refractivity contribution in [2.24, 2.45) is 0 Å². The Morgan fingerprint density at radius 1 is 1.12 bits per heavy atom. The molecule has 128 valence electrons. The Kier molecular flexibility index (Phi) is 5.57. The van der Waals surface area contributed by atoms with Gasteiger partial charge in [0.2, 0.25) is 0 Å². The van der Waals surface area contributed by atoms with Gasteiger partial charge in [0.1, 0.15) is 5.60 Å². The number of hydrogen-bond donors (Lipinski definition) is 2. The van der Waals surface area contributed by atoms with E-state index in [9.17, 15) is 9.59 Å². The van der Waals surface area contributed by atoms with Gasteiger partial charge >= 0.3 is 11.9 Å². The van der Waals surface area contributed by atoms with Crippen LogP contribution in [0.15, 0.2) is 42.5 Å². The zero-order valence-electron chi connectivity index (χ0n) is 14.2. The van der Waals surface area contributed by atoms with Gasteiger partial charge < -0.3 is 9.84 Å². The average Bonchev–Trinajstić information content (AvgIpc) is 2.49. The lowest BCUT2D eigenvalue weighted by atomic mass is 9.99. The molecule has 0 heterocycles. The minimum absolute atomic E-state index is 0.0396. The Hall–Kier alpha value is -2.40. The molecule has 0 radical (unpaired) electrons. The standard InChI is InChI=1S/C19H23NO4/c1-19(2,3)24-18(23)12-20-16(11-17(21)22)15-9-8-13-6-4-5-7-14(13)10-15/h4-10,16,20H,11-12H2,1-3H3,(H,21,22). The molecule has 0 saturated heterocycles. The van der Waals surface area contributed by atoms with E-state index in [4.69, 9.17) is 9.84 Å². The number of carbonyl (C=O) groups excluding carboxylic acids is 1. The highest BCUT2D eigenvalue weighted by Gasteiger charge is 2.20. The number of hydrogen-bond acceptors (Lipinski definition) is 4. The fourth-order valence-electron chi connectivity index (χ4n) is 2.49. The maximum atomic E-state index is 11.9. The van der Waals surface area contributed by atoms with Crippen molar-refractivity contribution in [2.75, 3.05) is 6.54 Å². The maximum absolute atomic E-state index is 11.9. The van der Waals surface area contributed by atoms with Crippen LogP contribution in [0.3, 0.4) is 0 Å². The fraction of sp³-hybridized carbons (Fsp3) is 0.368. The predicted molar refractivity (Wildman–Crippen MR) is 92.8 cm³/mol. The molecule has 0 aliphatic rings. The van der Waals surface area contributed by atoms with Gasteiger partial charge in [0.25, 0.3) is 0 Å². The topological polar surface area (TPSA) is 75.6 Å². The molecule has 5 heteroatoms. The second-order valence-corrected chi connectivity index (χ2v) is 6.72. The Labute approximate surface area is 141 Å². The Balaban J connectivity index is 2.14. The first-order chi connectivity index (χ1) is 11.2. The normalized spacial score (nSPS) is 12.8. The summed E-state index contributed by atoms with van der Waals surface area (Å²) in [6.07, 6.45) is -0.110. The third kappa shape index (κ3) is 5.35. The largest absolute Gasteiger partial charge is 0.481 e. The summed E-state index contributed by atoms with van der Waals surface area (Å²) in [6, 6.07) is 13.2. The van der Waals surface area contributed by atoms with Crippen LogP contribution in [0.4, 0.5) is 0 Å². The predicted octanol–water partition coefficient (Wildman–Crippen LogP) is 3.29. The summed E-state index contributed by atoms with van der Waals surface area (Å²) in [7, 11) is 0. The van der Waals surface area contributed by atoms with Gasteiger partial charge in [0, 0.05) is 6.04 Å². The number of rotatable bonds is 6. The molecule has 0 bridgehead atoms. The summed E-state index contributed by atoms with van der Waals surface area (Å²) in [5.41, 5.74) is 0.268. The maximum Gasteiger partial charge on any atom is 0.320 e. The van der Waals surface area contributed by atoms with E-state index in [1.807, 2.05) is 42.5 Å². The van der Waals surface area contributed by atoms with Crippen LogP contribution in [0.1, 0.15) is 38.8 Å². The molecular formula is C19H23NO4. The Morgan fingerprint density at radius 2 is 1.79 bits per heavy atom. The molecule has 0 aromatic heterocycles. The molecule has 1 atom stereocenters. The highest BCUT2D eigenvalue weighted by molar-refractivity contribution is 5.83. The monoisotopic (exact) mass is 329 g/mol. The van der Waals surface area contributed by atoms with Gasteiger partial charge in [0.15, 0.2) is 0 Å². The fourth-order valence-corrected chi connectivity index (χ4v) is 2.49. The quantitative estimate of drug-likeness (QED) is 0.795. The number of ether oxygens (including phenoxy) is 1. The van der Waals surface area contributed by atoms with Crippen molar-refractivity contribution in [3.05, 3.63) is 48.0 Å². The van der Waals surface area contributed by atoms with Crippen molar-refractivity contribution in [3.63, 3.8) is 0 Å². The number of carboxylic acid groups (broad SMARTS) is 1. The van der Waals surface area contributed by atoms with Crippen LogP contribution < -0.4 is 5.32 Å². The minimum atomic E-state index is -0.926. The van der Waals surface area contributed by atoms with E-state index >= 15 is 0 Å². The van der Waals surface area contributed by atoms with Crippen LogP contribution in [0.25, 0.3) is 10.8 Å². The molecule has 0 spiro atoms. The molecule has 2 N–H and O–H groups in total. The summed E-state index contributed by atoms with van der Waals surface area (Å²) in [5.74, 6) is -1.33. The van der Waals surface area contributed by atoms with Crippen molar-refractivity contribution in [1.82, 2.24) is 5.32 Å². The molecule has 5 nitrogen and oxygen atoms in total. The Morgan fingerprint density at radius 3 is 2.42 bits per heavy atom. The minimum Gasteiger partial charge on any atom is -0.481 e. The van der Waals surface area contributed by atoms with E-state index in [1.165, 1.54) is 0 Å². The molecule has 0 fully saturated rings. The van der Waals surface area contributed by atoms with E-state index in [2.05, 4.69) is 5.32 Å². The first-order valence-electron chi connectivity index (χ1n) is 7.90. The summed E-state index contributed by atoms with van der Waals surface area (Å²) >= 11 is 0. The van der Waals surface area contributed by atoms with Crippen LogP contribution in [0, 0.1) is 0 Å². The molecule has 0 saturated carbocycles. The number of carbonyl (C=O) groups is 2. The van der Waals surface area contributed by atoms with E-state index in [-0.39, 0.29) is 13.0 Å². The van der Waals surface area contributed by atoms with Gasteiger partial charge in [-0.2, -0.15) is 0 Å². The van der Waals surface area contributed by atoms with Gasteiger partial charge in [-0.05, 0) is 43.2 Å². The van der Waals surface area contributed by atoms with Crippen molar-refractivity contribution in [1.29, 1.82) is 0 Å². The summed E-state index contributed by atoms with van der Waals surface area (Å²) < 4.78 is 5.25. The van der Waals surface area contributed by atoms with Gasteiger partial charge in [-0.1, -0.05) is 36.4 Å². The first kappa shape index (κ1) is 17.9. The van der Waals surface area contributed by atoms with Crippen LogP contribution in [-0.4, -0.2) is 29.2 Å². The SMILES string of the molecule is CC(C)(C)OC(=O)CNC(CC(=O)O)c1ccc2ccccc2c1. The van der Waals surface area contributed by atoms with E-state index < -0.39 is 23.6 Å². The highest BCUT2D eigenvalue weighted by atomic mass is 16.6. The lowest BCUT2D eigenvalue weighted by Crippen LogP contribution is -2.34. The van der Waals surface area contributed by atoms with E-state index in [1.54, 1.807) is 20.8 Å². The summed E-state index contributed by atoms with van der Waals surface area (Å²) in [4.78, 5) is 23.0. The number of nitrogens with one attached hydrogen (secondary N) is 1. The van der Waals surface area contributed by atoms with Crippen molar-refractivity contribution in [2.45, 2.75) is 38.8 Å². The van der Waals surface area contributed by atoms with Crippen LogP contribution in [0.5, 0.6) is 0 Å². The number of fused-ring (bicyclic) bond motifs is 1. The first-order valence-corrected chi connectivity index (χ1v) is 7.90. The van der Waals surface area contributed by atoms with Gasteiger partial charge in [-0.15, -0.1) is 0 Å². The summed E-state index contributed by atoms with van der Waals surface area (Å²) in [5, 5.41) is 14.3. The van der Waals surface area contributed by atoms with Crippen LogP contribution >= 0.6 is 0 Å². The smallest absolute Gasteiger partial charge is 0.320 e. The molecule has 24 heavy (non-hydrogen) atoms. The lowest BCUT2D eigenvalue weighted by Gasteiger charge is -2.22. The third-order valence-electron chi connectivity index (χ3n) is 3.47. The van der Waals surface area contributed by atoms with Gasteiger partial charge in [-0.25, -0.2) is 0 Å². The van der Waals surface area contributed by atoms with E-state index in [0.717, 1.165) is 16.3 Å². The van der Waals surface area contributed by atoms with Gasteiger partial charge in [-0.3, -0.25) is 14.9 Å². The molecule has 2 aromatic carbocycles.